The van der Waals surface area contributed by atoms with Gasteiger partial charge in [-0.2, -0.15) is 0 Å². The molecule has 2 rings (SSSR count). The predicted octanol–water partition coefficient (Wildman–Crippen LogP) is 6.29. The highest BCUT2D eigenvalue weighted by molar-refractivity contribution is 9.11. The fourth-order valence-corrected chi connectivity index (χ4v) is 4.57. The van der Waals surface area contributed by atoms with Gasteiger partial charge in [0, 0.05) is 13.4 Å². The molecule has 1 unspecified atom stereocenters. The van der Waals surface area contributed by atoms with Gasteiger partial charge in [0.25, 0.3) is 0 Å². The Morgan fingerprint density at radius 3 is 2.33 bits per heavy atom. The highest BCUT2D eigenvalue weighted by Crippen LogP contribution is 2.38. The molecule has 0 amide bonds. The van der Waals surface area contributed by atoms with Crippen LogP contribution >= 0.6 is 47.8 Å². The highest BCUT2D eigenvalue weighted by Gasteiger charge is 2.18. The summed E-state index contributed by atoms with van der Waals surface area (Å²) in [5, 5.41) is 3.30. The first-order valence-corrected chi connectivity index (χ1v) is 8.55. The lowest BCUT2D eigenvalue weighted by molar-refractivity contribution is 0.402. The first kappa shape index (κ1) is 16.8. The molecule has 0 radical (unpaired) electrons. The van der Waals surface area contributed by atoms with Crippen LogP contribution in [-0.4, -0.2) is 7.11 Å². The van der Waals surface area contributed by atoms with Crippen LogP contribution in [0, 0.1) is 5.82 Å². The summed E-state index contributed by atoms with van der Waals surface area (Å²) in [5.74, 6) is 0.234. The minimum Gasteiger partial charge on any atom is -0.496 e. The monoisotopic (exact) mass is 479 g/mol. The maximum atomic E-state index is 14.1. The van der Waals surface area contributed by atoms with Gasteiger partial charge < -0.3 is 10.1 Å². The maximum absolute atomic E-state index is 14.1. The number of anilines is 1. The van der Waals surface area contributed by atoms with Gasteiger partial charge in [-0.1, -0.05) is 22.0 Å². The third-order valence-corrected chi connectivity index (χ3v) is 4.74. The smallest absolute Gasteiger partial charge is 0.132 e. The van der Waals surface area contributed by atoms with E-state index in [-0.39, 0.29) is 11.9 Å². The molecule has 2 aromatic rings. The summed E-state index contributed by atoms with van der Waals surface area (Å²) in [6.45, 7) is 1.89. The fraction of sp³-hybridized carbons (Fsp3) is 0.200. The lowest BCUT2D eigenvalue weighted by Crippen LogP contribution is -2.11. The van der Waals surface area contributed by atoms with Crippen LogP contribution in [0.1, 0.15) is 18.5 Å². The molecule has 2 nitrogen and oxygen atoms in total. The van der Waals surface area contributed by atoms with E-state index >= 15 is 0 Å². The zero-order valence-electron chi connectivity index (χ0n) is 11.4. The number of halogens is 4. The third kappa shape index (κ3) is 3.79. The van der Waals surface area contributed by atoms with Crippen LogP contribution < -0.4 is 10.1 Å². The molecule has 0 saturated carbocycles. The van der Waals surface area contributed by atoms with Crippen molar-refractivity contribution in [3.05, 3.63) is 55.1 Å². The van der Waals surface area contributed by atoms with Crippen molar-refractivity contribution in [3.8, 4) is 5.75 Å². The standard InChI is InChI=1S/C15H13Br3FNO/c1-8(14-12(19)4-3-5-13(14)21-2)20-15-10(17)6-9(16)7-11(15)18/h3-8,20H,1-2H3. The second-order valence-corrected chi connectivity index (χ2v) is 7.09. The van der Waals surface area contributed by atoms with Gasteiger partial charge in [0.2, 0.25) is 0 Å². The molecule has 0 bridgehead atoms. The molecule has 0 heterocycles. The largest absolute Gasteiger partial charge is 0.496 e. The van der Waals surface area contributed by atoms with Crippen LogP contribution in [-0.2, 0) is 0 Å². The van der Waals surface area contributed by atoms with Crippen LogP contribution in [0.4, 0.5) is 10.1 Å². The summed E-state index contributed by atoms with van der Waals surface area (Å²) >= 11 is 10.4. The molecule has 0 saturated heterocycles. The second kappa shape index (κ2) is 7.11. The molecular weight excluding hydrogens is 469 g/mol. The number of rotatable bonds is 4. The summed E-state index contributed by atoms with van der Waals surface area (Å²) in [7, 11) is 1.54. The first-order valence-electron chi connectivity index (χ1n) is 6.17. The Bertz CT molecular complexity index is 640. The molecule has 0 aromatic heterocycles. The van der Waals surface area contributed by atoms with Crippen molar-refractivity contribution in [3.63, 3.8) is 0 Å². The van der Waals surface area contributed by atoms with Crippen LogP contribution in [0.2, 0.25) is 0 Å². The molecule has 21 heavy (non-hydrogen) atoms. The molecule has 0 aliphatic rings. The van der Waals surface area contributed by atoms with Crippen LogP contribution in [0.3, 0.4) is 0 Å². The van der Waals surface area contributed by atoms with E-state index in [0.29, 0.717) is 11.3 Å². The molecule has 2 aromatic carbocycles. The van der Waals surface area contributed by atoms with Gasteiger partial charge in [-0.3, -0.25) is 0 Å². The van der Waals surface area contributed by atoms with E-state index in [1.54, 1.807) is 12.1 Å². The topological polar surface area (TPSA) is 21.3 Å². The number of hydrogen-bond donors (Lipinski definition) is 1. The van der Waals surface area contributed by atoms with Crippen molar-refractivity contribution in [1.29, 1.82) is 0 Å². The normalized spacial score (nSPS) is 12.1. The number of methoxy groups -OCH3 is 1. The van der Waals surface area contributed by atoms with Crippen molar-refractivity contribution in [2.75, 3.05) is 12.4 Å². The SMILES string of the molecule is COc1cccc(F)c1C(C)Nc1c(Br)cc(Br)cc1Br. The second-order valence-electron chi connectivity index (χ2n) is 4.47. The fourth-order valence-electron chi connectivity index (χ4n) is 2.08. The van der Waals surface area contributed by atoms with Crippen LogP contribution in [0.15, 0.2) is 43.7 Å². The van der Waals surface area contributed by atoms with Gasteiger partial charge in [0.15, 0.2) is 0 Å². The van der Waals surface area contributed by atoms with Gasteiger partial charge in [-0.15, -0.1) is 0 Å². The van der Waals surface area contributed by atoms with Crippen molar-refractivity contribution in [2.24, 2.45) is 0 Å². The molecule has 1 atom stereocenters. The average molecular weight is 482 g/mol. The van der Waals surface area contributed by atoms with Crippen molar-refractivity contribution < 1.29 is 9.13 Å². The summed E-state index contributed by atoms with van der Waals surface area (Å²) < 4.78 is 22.1. The Morgan fingerprint density at radius 1 is 1.14 bits per heavy atom. The number of benzene rings is 2. The Hall–Kier alpha value is -0.590. The van der Waals surface area contributed by atoms with Gasteiger partial charge in [-0.25, -0.2) is 4.39 Å². The van der Waals surface area contributed by atoms with E-state index < -0.39 is 0 Å². The van der Waals surface area contributed by atoms with E-state index in [9.17, 15) is 4.39 Å². The van der Waals surface area contributed by atoms with E-state index in [2.05, 4.69) is 53.1 Å². The zero-order valence-corrected chi connectivity index (χ0v) is 16.1. The molecular formula is C15H13Br3FNO. The van der Waals surface area contributed by atoms with Crippen LogP contribution in [0.25, 0.3) is 0 Å². The highest BCUT2D eigenvalue weighted by atomic mass is 79.9. The Balaban J connectivity index is 2.37. The maximum Gasteiger partial charge on any atom is 0.132 e. The molecule has 0 aliphatic heterocycles. The summed E-state index contributed by atoms with van der Waals surface area (Å²) in [6, 6.07) is 8.42. The minimum atomic E-state index is -0.293. The third-order valence-electron chi connectivity index (χ3n) is 3.03. The number of nitrogens with one attached hydrogen (secondary N) is 1. The molecule has 6 heteroatoms. The molecule has 0 aliphatic carbocycles. The van der Waals surface area contributed by atoms with Crippen molar-refractivity contribution in [1.82, 2.24) is 0 Å². The molecule has 112 valence electrons. The quantitative estimate of drug-likeness (QED) is 0.553. The van der Waals surface area contributed by atoms with Gasteiger partial charge in [-0.05, 0) is 63.0 Å². The lowest BCUT2D eigenvalue weighted by Gasteiger charge is -2.21. The summed E-state index contributed by atoms with van der Waals surface area (Å²) in [4.78, 5) is 0. The van der Waals surface area contributed by atoms with Gasteiger partial charge >= 0.3 is 0 Å². The molecule has 1 N–H and O–H groups in total. The first-order chi connectivity index (χ1) is 9.93. The van der Waals surface area contributed by atoms with Crippen molar-refractivity contribution >= 4 is 53.5 Å². The minimum absolute atomic E-state index is 0.255. The zero-order chi connectivity index (χ0) is 15.6. The average Bonchev–Trinajstić information content (AvgIpc) is 2.42. The Morgan fingerprint density at radius 2 is 1.76 bits per heavy atom. The van der Waals surface area contributed by atoms with E-state index in [1.807, 2.05) is 19.1 Å². The van der Waals surface area contributed by atoms with E-state index in [4.69, 9.17) is 4.74 Å². The van der Waals surface area contributed by atoms with Crippen molar-refractivity contribution in [2.45, 2.75) is 13.0 Å². The number of ether oxygens (including phenoxy) is 1. The van der Waals surface area contributed by atoms with Gasteiger partial charge in [0.1, 0.15) is 11.6 Å². The predicted molar refractivity (Wildman–Crippen MR) is 94.5 cm³/mol. The van der Waals surface area contributed by atoms with Crippen LogP contribution in [0.5, 0.6) is 5.75 Å². The lowest BCUT2D eigenvalue weighted by atomic mass is 10.1. The molecule has 0 fully saturated rings. The Kier molecular flexibility index (Phi) is 5.68. The van der Waals surface area contributed by atoms with E-state index in [1.165, 1.54) is 13.2 Å². The summed E-state index contributed by atoms with van der Waals surface area (Å²) in [6.07, 6.45) is 0. The number of hydrogen-bond acceptors (Lipinski definition) is 2. The van der Waals surface area contributed by atoms with E-state index in [0.717, 1.165) is 19.1 Å². The van der Waals surface area contributed by atoms with Gasteiger partial charge in [0.05, 0.1) is 24.4 Å². The summed E-state index contributed by atoms with van der Waals surface area (Å²) in [5.41, 5.74) is 1.36. The molecule has 0 spiro atoms. The Labute approximate surface area is 148 Å².